The molecule has 4 rings (SSSR count). The van der Waals surface area contributed by atoms with Gasteiger partial charge in [-0.1, -0.05) is 47.6 Å². The highest BCUT2D eigenvalue weighted by molar-refractivity contribution is 7.99. The molecule has 1 unspecified atom stereocenters. The number of ether oxygens (including phenoxy) is 1. The van der Waals surface area contributed by atoms with E-state index in [0.29, 0.717) is 35.0 Å². The number of para-hydroxylation sites is 2. The molecule has 0 spiro atoms. The predicted octanol–water partition coefficient (Wildman–Crippen LogP) is 5.48. The summed E-state index contributed by atoms with van der Waals surface area (Å²) in [5.74, 6) is 0.877. The molecule has 10 heteroatoms. The topological polar surface area (TPSA) is 113 Å². The van der Waals surface area contributed by atoms with E-state index in [4.69, 9.17) is 16.3 Å². The molecule has 0 aliphatic carbocycles. The molecule has 0 fully saturated rings. The average molecular weight is 495 g/mol. The monoisotopic (exact) mass is 494 g/mol. The molecule has 0 aliphatic heterocycles. The zero-order chi connectivity index (χ0) is 24.1. The van der Waals surface area contributed by atoms with Crippen LogP contribution in [0.4, 0.5) is 0 Å². The van der Waals surface area contributed by atoms with Crippen molar-refractivity contribution in [3.05, 3.63) is 65.1 Å². The Bertz CT molecular complexity index is 1340. The van der Waals surface area contributed by atoms with Crippen LogP contribution in [0.15, 0.2) is 59.4 Å². The van der Waals surface area contributed by atoms with Gasteiger partial charge in [0.2, 0.25) is 0 Å². The zero-order valence-electron chi connectivity index (χ0n) is 18.7. The van der Waals surface area contributed by atoms with Gasteiger partial charge in [0.1, 0.15) is 17.4 Å². The number of fused-ring (bicyclic) bond motifs is 1. The Labute approximate surface area is 206 Å². The second-order valence-corrected chi connectivity index (χ2v) is 9.23. The van der Waals surface area contributed by atoms with E-state index in [2.05, 4.69) is 26.2 Å². The van der Waals surface area contributed by atoms with Crippen LogP contribution < -0.4 is 0 Å². The molecular formula is C24H23ClN6O2S. The molecule has 0 radical (unpaired) electrons. The number of imidazole rings is 1. The summed E-state index contributed by atoms with van der Waals surface area (Å²) < 4.78 is 7.17. The van der Waals surface area contributed by atoms with Crippen molar-refractivity contribution in [2.45, 2.75) is 30.3 Å². The van der Waals surface area contributed by atoms with Gasteiger partial charge in [0.25, 0.3) is 0 Å². The van der Waals surface area contributed by atoms with Crippen LogP contribution >= 0.6 is 23.4 Å². The molecule has 2 N–H and O–H groups in total. The van der Waals surface area contributed by atoms with Gasteiger partial charge in [-0.05, 0) is 37.6 Å². The van der Waals surface area contributed by atoms with Gasteiger partial charge in [-0.2, -0.15) is 5.26 Å². The molecule has 4 aromatic rings. The fraction of sp³-hybridized carbons (Fsp3) is 0.250. The third kappa shape index (κ3) is 4.94. The van der Waals surface area contributed by atoms with Crippen LogP contribution in [0.5, 0.6) is 0 Å². The minimum absolute atomic E-state index is 0.0858. The molecule has 8 nitrogen and oxygen atoms in total. The number of H-pyrrole nitrogens is 1. The van der Waals surface area contributed by atoms with Crippen molar-refractivity contribution < 1.29 is 9.84 Å². The van der Waals surface area contributed by atoms with E-state index in [1.165, 1.54) is 11.8 Å². The number of nitrogens with one attached hydrogen (secondary N) is 1. The zero-order valence-corrected chi connectivity index (χ0v) is 20.3. The number of benzene rings is 2. The van der Waals surface area contributed by atoms with Crippen LogP contribution in [0.2, 0.25) is 5.02 Å². The van der Waals surface area contributed by atoms with Gasteiger partial charge in [-0.3, -0.25) is 0 Å². The molecule has 0 bridgehead atoms. The van der Waals surface area contributed by atoms with Crippen LogP contribution in [0.3, 0.4) is 0 Å². The number of aliphatic hydroxyl groups excluding tert-OH is 1. The molecule has 0 amide bonds. The predicted molar refractivity (Wildman–Crippen MR) is 134 cm³/mol. The molecule has 0 saturated carbocycles. The number of hydrogen-bond donors (Lipinski definition) is 2. The highest BCUT2D eigenvalue weighted by Gasteiger charge is 2.23. The Kier molecular flexibility index (Phi) is 7.53. The summed E-state index contributed by atoms with van der Waals surface area (Å²) >= 11 is 7.72. The van der Waals surface area contributed by atoms with Crippen molar-refractivity contribution in [2.75, 3.05) is 13.7 Å². The number of nitrogens with zero attached hydrogens (tertiary/aromatic N) is 5. The number of rotatable bonds is 9. The fourth-order valence-electron chi connectivity index (χ4n) is 3.51. The summed E-state index contributed by atoms with van der Waals surface area (Å²) in [5, 5.41) is 30.2. The second kappa shape index (κ2) is 10.7. The van der Waals surface area contributed by atoms with Gasteiger partial charge in [0.05, 0.1) is 21.3 Å². The van der Waals surface area contributed by atoms with Crippen molar-refractivity contribution in [3.63, 3.8) is 0 Å². The van der Waals surface area contributed by atoms with Gasteiger partial charge < -0.3 is 19.4 Å². The van der Waals surface area contributed by atoms with E-state index < -0.39 is 5.25 Å². The highest BCUT2D eigenvalue weighted by Crippen LogP contribution is 2.33. The Morgan fingerprint density at radius 1 is 1.24 bits per heavy atom. The number of aromatic nitrogens is 5. The van der Waals surface area contributed by atoms with Gasteiger partial charge in [0.15, 0.2) is 16.8 Å². The van der Waals surface area contributed by atoms with E-state index in [0.717, 1.165) is 23.0 Å². The fourth-order valence-corrected chi connectivity index (χ4v) is 4.67. The minimum Gasteiger partial charge on any atom is -0.510 e. The molecule has 1 atom stereocenters. The molecule has 2 aromatic carbocycles. The molecule has 0 saturated heterocycles. The van der Waals surface area contributed by atoms with Crippen LogP contribution in [-0.2, 0) is 11.3 Å². The van der Waals surface area contributed by atoms with E-state index in [1.54, 1.807) is 7.11 Å². The lowest BCUT2D eigenvalue weighted by Gasteiger charge is -2.14. The second-order valence-electron chi connectivity index (χ2n) is 7.52. The van der Waals surface area contributed by atoms with Crippen molar-refractivity contribution >= 4 is 40.0 Å². The number of nitriles is 1. The number of methoxy groups -OCH3 is 1. The Balaban J connectivity index is 1.66. The van der Waals surface area contributed by atoms with E-state index in [-0.39, 0.29) is 11.3 Å². The first-order chi connectivity index (χ1) is 16.5. The van der Waals surface area contributed by atoms with Gasteiger partial charge in [0, 0.05) is 25.8 Å². The van der Waals surface area contributed by atoms with E-state index >= 15 is 0 Å². The van der Waals surface area contributed by atoms with Crippen LogP contribution in [0.25, 0.3) is 28.0 Å². The van der Waals surface area contributed by atoms with Crippen LogP contribution in [-0.4, -0.2) is 48.8 Å². The van der Waals surface area contributed by atoms with Crippen molar-refractivity contribution in [2.24, 2.45) is 0 Å². The summed E-state index contributed by atoms with van der Waals surface area (Å²) in [6, 6.07) is 17.0. The summed E-state index contributed by atoms with van der Waals surface area (Å²) in [4.78, 5) is 7.55. The van der Waals surface area contributed by atoms with Crippen molar-refractivity contribution in [1.82, 2.24) is 24.7 Å². The Morgan fingerprint density at radius 3 is 2.74 bits per heavy atom. The molecule has 174 valence electrons. The molecular weight excluding hydrogens is 472 g/mol. The van der Waals surface area contributed by atoms with Crippen molar-refractivity contribution in [1.29, 1.82) is 5.26 Å². The maximum absolute atomic E-state index is 11.0. The van der Waals surface area contributed by atoms with Gasteiger partial charge in [-0.15, -0.1) is 10.2 Å². The van der Waals surface area contributed by atoms with Gasteiger partial charge >= 0.3 is 0 Å². The third-order valence-electron chi connectivity index (χ3n) is 5.22. The summed E-state index contributed by atoms with van der Waals surface area (Å²) in [6.07, 6.45) is 0.748. The van der Waals surface area contributed by atoms with Gasteiger partial charge in [-0.25, -0.2) is 4.98 Å². The number of aromatic amines is 1. The Morgan fingerprint density at radius 2 is 2.00 bits per heavy atom. The van der Waals surface area contributed by atoms with Crippen LogP contribution in [0, 0.1) is 11.3 Å². The molecule has 2 heterocycles. The lowest BCUT2D eigenvalue weighted by atomic mass is 10.2. The maximum atomic E-state index is 11.0. The number of allylic oxidation sites excluding steroid dienone is 1. The lowest BCUT2D eigenvalue weighted by molar-refractivity contribution is 0.189. The first-order valence-electron chi connectivity index (χ1n) is 10.7. The van der Waals surface area contributed by atoms with E-state index in [9.17, 15) is 10.4 Å². The van der Waals surface area contributed by atoms with Crippen LogP contribution in [0.1, 0.15) is 19.2 Å². The minimum atomic E-state index is -0.479. The third-order valence-corrected chi connectivity index (χ3v) is 6.64. The number of aliphatic hydroxyl groups is 1. The largest absolute Gasteiger partial charge is 0.510 e. The Hall–Kier alpha value is -3.32. The SMILES string of the molecule is COCCCn1c(SC(C)/C(O)=C(\C#N)c2nc3ccccc3[nH]2)nnc1-c1ccccc1Cl. The molecule has 2 aromatic heterocycles. The first kappa shape index (κ1) is 23.8. The standard InChI is InChI=1S/C24H23ClN6O2S/c1-15(21(32)17(14-26)22-27-19-10-5-6-11-20(19)28-22)34-24-30-29-23(31(24)12-7-13-33-2)16-8-3-4-9-18(16)25/h3-6,8-11,15,32H,7,12-13H2,1-2H3,(H,27,28)/b21-17-. The molecule has 34 heavy (non-hydrogen) atoms. The molecule has 0 aliphatic rings. The summed E-state index contributed by atoms with van der Waals surface area (Å²) in [6.45, 7) is 2.99. The average Bonchev–Trinajstić information content (AvgIpc) is 3.44. The lowest BCUT2D eigenvalue weighted by Crippen LogP contribution is -2.09. The number of thioether (sulfide) groups is 1. The smallest absolute Gasteiger partial charge is 0.192 e. The maximum Gasteiger partial charge on any atom is 0.192 e. The number of hydrogen-bond acceptors (Lipinski definition) is 7. The summed E-state index contributed by atoms with van der Waals surface area (Å²) in [7, 11) is 1.66. The summed E-state index contributed by atoms with van der Waals surface area (Å²) in [5.41, 5.74) is 2.38. The highest BCUT2D eigenvalue weighted by atomic mass is 35.5. The van der Waals surface area contributed by atoms with Crippen molar-refractivity contribution in [3.8, 4) is 17.5 Å². The number of halogens is 1. The first-order valence-corrected chi connectivity index (χ1v) is 11.9. The normalized spacial score (nSPS) is 13.0. The van der Waals surface area contributed by atoms with E-state index in [1.807, 2.05) is 60.0 Å². The quantitative estimate of drug-likeness (QED) is 0.137.